The number of hydrogen-bond acceptors (Lipinski definition) is 1. The first kappa shape index (κ1) is 28.7. The monoisotopic (exact) mass is 599 g/mol. The Morgan fingerprint density at radius 1 is 0.595 bits per heavy atom. The molecule has 4 rings (SSSR count). The van der Waals surface area contributed by atoms with Gasteiger partial charge in [0.2, 0.25) is 0 Å². The summed E-state index contributed by atoms with van der Waals surface area (Å²) in [4.78, 5) is 10.8. The molecule has 2 nitrogen and oxygen atoms in total. The van der Waals surface area contributed by atoms with Crippen LogP contribution < -0.4 is 0 Å². The van der Waals surface area contributed by atoms with Gasteiger partial charge in [0, 0.05) is 0 Å². The van der Waals surface area contributed by atoms with Crippen LogP contribution in [0.3, 0.4) is 0 Å². The predicted molar refractivity (Wildman–Crippen MR) is 157 cm³/mol. The van der Waals surface area contributed by atoms with Gasteiger partial charge in [0.1, 0.15) is 0 Å². The van der Waals surface area contributed by atoms with E-state index in [1.165, 1.54) is 35.6 Å². The summed E-state index contributed by atoms with van der Waals surface area (Å²) in [6.45, 7) is 6.06. The van der Waals surface area contributed by atoms with Gasteiger partial charge in [-0.25, -0.2) is 0 Å². The van der Waals surface area contributed by atoms with E-state index in [0.717, 1.165) is 12.0 Å². The van der Waals surface area contributed by atoms with E-state index in [1.54, 1.807) is 6.92 Å². The molecule has 0 aliphatic carbocycles. The third-order valence-electron chi connectivity index (χ3n) is 6.38. The molecule has 0 spiro atoms. The number of hydrogen-bond donors (Lipinski definition) is 1. The van der Waals surface area contributed by atoms with E-state index in [4.69, 9.17) is 5.11 Å². The van der Waals surface area contributed by atoms with Gasteiger partial charge < -0.3 is 5.11 Å². The number of rotatable bonds is 10. The van der Waals surface area contributed by atoms with Crippen molar-refractivity contribution >= 4 is 25.7 Å². The Balaban J connectivity index is 0.000000222. The van der Waals surface area contributed by atoms with Gasteiger partial charge in [-0.05, 0) is 30.4 Å². The van der Waals surface area contributed by atoms with Crippen LogP contribution in [0.2, 0.25) is 0 Å². The van der Waals surface area contributed by atoms with Gasteiger partial charge in [-0.2, -0.15) is 0 Å². The summed E-state index contributed by atoms with van der Waals surface area (Å²) in [7, 11) is 0. The molecule has 37 heavy (non-hydrogen) atoms. The van der Waals surface area contributed by atoms with E-state index in [-0.39, 0.29) is 0 Å². The van der Waals surface area contributed by atoms with Crippen molar-refractivity contribution in [3.63, 3.8) is 0 Å². The Labute approximate surface area is 230 Å². The molecule has 0 aromatic heterocycles. The number of benzene rings is 4. The molecule has 0 saturated carbocycles. The molecule has 1 N–H and O–H groups in total. The maximum absolute atomic E-state index is 10.8. The van der Waals surface area contributed by atoms with Crippen LogP contribution in [-0.4, -0.2) is 30.8 Å². The van der Waals surface area contributed by atoms with E-state index in [2.05, 4.69) is 105 Å². The summed E-state index contributed by atoms with van der Waals surface area (Å²) in [6.07, 6.45) is 1.04. The quantitative estimate of drug-likeness (QED) is 0.189. The molecule has 3 heteroatoms. The summed E-state index contributed by atoms with van der Waals surface area (Å²) in [5.41, 5.74) is 6.69. The Morgan fingerprint density at radius 2 is 0.973 bits per heavy atom. The molecule has 0 heterocycles. The summed E-state index contributed by atoms with van der Waals surface area (Å²) in [5, 5.41) is 8.85. The second kappa shape index (κ2) is 15.4. The molecule has 1 atom stereocenters. The van der Waals surface area contributed by atoms with Crippen LogP contribution in [0.1, 0.15) is 54.5 Å². The Kier molecular flexibility index (Phi) is 12.0. The molecule has 1 radical (unpaired) electrons. The van der Waals surface area contributed by atoms with E-state index in [1.807, 2.05) is 24.3 Å². The zero-order valence-corrected chi connectivity index (χ0v) is 25.2. The SMILES string of the molecule is CC(C)Cc1ccc(C(C)C(=O)O)cc1.c1ccc([CH2][Sn]([CH2]c2ccccc2)[CH2]c2ccccc2)cc1. The Hall–Kier alpha value is -2.85. The minimum atomic E-state index is -1.56. The van der Waals surface area contributed by atoms with Crippen molar-refractivity contribution in [2.24, 2.45) is 5.92 Å². The zero-order chi connectivity index (χ0) is 26.5. The van der Waals surface area contributed by atoms with Crippen LogP contribution in [-0.2, 0) is 24.5 Å². The normalized spacial score (nSPS) is 11.6. The van der Waals surface area contributed by atoms with Crippen molar-refractivity contribution in [1.29, 1.82) is 0 Å². The Bertz CT molecular complexity index is 1070. The standard InChI is InChI=1S/C13H18O2.3C7H7.Sn/c1-9(2)8-11-4-6-12(7-5-11)10(3)13(14)15;3*1-7-5-3-2-4-6-7;/h4-7,9-10H,8H2,1-3H3,(H,14,15);3*2-6H,1H2;. The molecule has 4 aromatic carbocycles. The fourth-order valence-corrected chi connectivity index (χ4v) is 12.4. The van der Waals surface area contributed by atoms with E-state index >= 15 is 0 Å². The second-order valence-corrected chi connectivity index (χ2v) is 17.4. The minimum absolute atomic E-state index is 0.418. The van der Waals surface area contributed by atoms with Crippen LogP contribution >= 0.6 is 0 Å². The van der Waals surface area contributed by atoms with Gasteiger partial charge in [-0.15, -0.1) is 0 Å². The first-order valence-corrected chi connectivity index (χ1v) is 19.2. The van der Waals surface area contributed by atoms with Crippen molar-refractivity contribution < 1.29 is 9.90 Å². The molecular weight excluding hydrogens is 559 g/mol. The maximum atomic E-state index is 10.8. The van der Waals surface area contributed by atoms with Crippen LogP contribution in [0, 0.1) is 5.92 Å². The van der Waals surface area contributed by atoms with Gasteiger partial charge in [-0.3, -0.25) is 4.79 Å². The summed E-state index contributed by atoms with van der Waals surface area (Å²) in [6, 6.07) is 40.9. The number of carboxylic acid groups (broad SMARTS) is 1. The van der Waals surface area contributed by atoms with E-state index < -0.39 is 31.6 Å². The number of aliphatic carboxylic acids is 1. The molecule has 191 valence electrons. The van der Waals surface area contributed by atoms with Gasteiger partial charge in [0.25, 0.3) is 0 Å². The van der Waals surface area contributed by atoms with Crippen molar-refractivity contribution in [2.75, 3.05) is 0 Å². The summed E-state index contributed by atoms with van der Waals surface area (Å²) in [5.74, 6) is -0.558. The topological polar surface area (TPSA) is 37.3 Å². The molecule has 0 fully saturated rings. The third-order valence-corrected chi connectivity index (χ3v) is 14.2. The third kappa shape index (κ3) is 10.6. The van der Waals surface area contributed by atoms with Crippen molar-refractivity contribution in [3.05, 3.63) is 143 Å². The molecule has 0 aliphatic heterocycles. The molecule has 0 saturated heterocycles. The van der Waals surface area contributed by atoms with Gasteiger partial charge >= 0.3 is 147 Å². The molecule has 1 unspecified atom stereocenters. The molecule has 0 amide bonds. The average Bonchev–Trinajstić information content (AvgIpc) is 2.90. The fourth-order valence-electron chi connectivity index (χ4n) is 4.40. The van der Waals surface area contributed by atoms with Crippen molar-refractivity contribution in [3.8, 4) is 0 Å². The van der Waals surface area contributed by atoms with E-state index in [0.29, 0.717) is 5.92 Å². The van der Waals surface area contributed by atoms with Crippen LogP contribution in [0.25, 0.3) is 0 Å². The van der Waals surface area contributed by atoms with Crippen molar-refractivity contribution in [1.82, 2.24) is 0 Å². The molecule has 0 bridgehead atoms. The first-order chi connectivity index (χ1) is 17.9. The Morgan fingerprint density at radius 3 is 1.30 bits per heavy atom. The average molecular weight is 598 g/mol. The molecule has 4 aromatic rings. The number of carbonyl (C=O) groups is 1. The van der Waals surface area contributed by atoms with Crippen LogP contribution in [0.4, 0.5) is 0 Å². The van der Waals surface area contributed by atoms with Gasteiger partial charge in [0.15, 0.2) is 0 Å². The second-order valence-electron chi connectivity index (χ2n) is 10.1. The van der Waals surface area contributed by atoms with Gasteiger partial charge in [0.05, 0.1) is 5.92 Å². The summed E-state index contributed by atoms with van der Waals surface area (Å²) < 4.78 is 3.98. The molecular formula is C34H39O2Sn. The van der Waals surface area contributed by atoms with Crippen LogP contribution in [0.5, 0.6) is 0 Å². The number of carboxylic acids is 1. The predicted octanol–water partition coefficient (Wildman–Crippen LogP) is 7.90. The van der Waals surface area contributed by atoms with Crippen LogP contribution in [0.15, 0.2) is 115 Å². The van der Waals surface area contributed by atoms with E-state index in [9.17, 15) is 4.79 Å². The van der Waals surface area contributed by atoms with Gasteiger partial charge in [-0.1, -0.05) is 38.1 Å². The fraction of sp³-hybridized carbons (Fsp3) is 0.265. The zero-order valence-electron chi connectivity index (χ0n) is 22.3. The summed E-state index contributed by atoms with van der Waals surface area (Å²) >= 11 is -1.56. The first-order valence-electron chi connectivity index (χ1n) is 13.2. The molecule has 0 aliphatic rings. The van der Waals surface area contributed by atoms with Crippen molar-refractivity contribution in [2.45, 2.75) is 46.4 Å².